The highest BCUT2D eigenvalue weighted by Crippen LogP contribution is 2.14. The fourth-order valence-corrected chi connectivity index (χ4v) is 3.35. The minimum Gasteiger partial charge on any atom is -0.380 e. The third kappa shape index (κ3) is 6.76. The molecule has 0 spiro atoms. The molecule has 21 heavy (non-hydrogen) atoms. The Morgan fingerprint density at radius 2 is 2.00 bits per heavy atom. The van der Waals surface area contributed by atoms with Crippen LogP contribution in [0.2, 0.25) is 0 Å². The second kappa shape index (κ2) is 9.38. The minimum absolute atomic E-state index is 0. The number of benzene rings is 1. The number of sulfonamides is 1. The molecule has 0 saturated carbocycles. The molecule has 0 aromatic heterocycles. The number of hydrogen-bond acceptors (Lipinski definition) is 4. The van der Waals surface area contributed by atoms with Crippen molar-refractivity contribution in [3.8, 4) is 0 Å². The molecular weight excluding hydrogens is 312 g/mol. The maximum absolute atomic E-state index is 12.3. The summed E-state index contributed by atoms with van der Waals surface area (Å²) >= 11 is 0. The van der Waals surface area contributed by atoms with E-state index < -0.39 is 10.0 Å². The zero-order valence-corrected chi connectivity index (χ0v) is 14.3. The van der Waals surface area contributed by atoms with E-state index in [2.05, 4.69) is 4.72 Å². The molecule has 0 radical (unpaired) electrons. The molecule has 3 N–H and O–H groups in total. The molecule has 1 rings (SSSR count). The Morgan fingerprint density at radius 1 is 1.33 bits per heavy atom. The van der Waals surface area contributed by atoms with E-state index in [4.69, 9.17) is 10.5 Å². The Balaban J connectivity index is 0.00000400. The zero-order valence-electron chi connectivity index (χ0n) is 12.7. The molecule has 1 atom stereocenters. The predicted octanol–water partition coefficient (Wildman–Crippen LogP) is 1.91. The monoisotopic (exact) mass is 336 g/mol. The SMILES string of the molecule is COCc1cccc(S(=O)(=O)NC(CN)CC(C)C)c1.Cl. The summed E-state index contributed by atoms with van der Waals surface area (Å²) in [5, 5.41) is 0. The average Bonchev–Trinajstić information content (AvgIpc) is 2.38. The van der Waals surface area contributed by atoms with Crippen LogP contribution in [0.25, 0.3) is 0 Å². The maximum atomic E-state index is 12.3. The van der Waals surface area contributed by atoms with Gasteiger partial charge in [0.2, 0.25) is 10.0 Å². The first-order valence-electron chi connectivity index (χ1n) is 6.69. The second-order valence-corrected chi connectivity index (χ2v) is 6.98. The lowest BCUT2D eigenvalue weighted by Crippen LogP contribution is -2.40. The third-order valence-electron chi connectivity index (χ3n) is 2.88. The smallest absolute Gasteiger partial charge is 0.240 e. The molecule has 5 nitrogen and oxygen atoms in total. The summed E-state index contributed by atoms with van der Waals surface area (Å²) in [5.41, 5.74) is 6.46. The van der Waals surface area contributed by atoms with Gasteiger partial charge >= 0.3 is 0 Å². The van der Waals surface area contributed by atoms with Crippen molar-refractivity contribution in [2.24, 2.45) is 11.7 Å². The number of ether oxygens (including phenoxy) is 1. The summed E-state index contributed by atoms with van der Waals surface area (Å²) in [5.74, 6) is 0.381. The molecule has 0 bridgehead atoms. The van der Waals surface area contributed by atoms with Crippen LogP contribution in [0, 0.1) is 5.92 Å². The molecule has 7 heteroatoms. The normalized spacial score (nSPS) is 13.0. The van der Waals surface area contributed by atoms with Crippen LogP contribution in [0.5, 0.6) is 0 Å². The van der Waals surface area contributed by atoms with Gasteiger partial charge in [-0.25, -0.2) is 13.1 Å². The molecule has 0 aliphatic rings. The molecule has 0 fully saturated rings. The highest BCUT2D eigenvalue weighted by Gasteiger charge is 2.20. The molecule has 0 aliphatic heterocycles. The number of methoxy groups -OCH3 is 1. The van der Waals surface area contributed by atoms with Crippen molar-refractivity contribution in [2.45, 2.75) is 37.8 Å². The van der Waals surface area contributed by atoms with E-state index in [9.17, 15) is 8.42 Å². The first-order valence-corrected chi connectivity index (χ1v) is 8.17. The van der Waals surface area contributed by atoms with Crippen LogP contribution < -0.4 is 10.5 Å². The van der Waals surface area contributed by atoms with E-state index in [0.29, 0.717) is 18.9 Å². The van der Waals surface area contributed by atoms with Crippen LogP contribution in [-0.2, 0) is 21.4 Å². The summed E-state index contributed by atoms with van der Waals surface area (Å²) < 4.78 is 32.3. The molecule has 0 heterocycles. The standard InChI is InChI=1S/C14H24N2O3S.ClH/c1-11(2)7-13(9-15)16-20(17,18)14-6-4-5-12(8-14)10-19-3;/h4-6,8,11,13,16H,7,9-10,15H2,1-3H3;1H. The van der Waals surface area contributed by atoms with Crippen molar-refractivity contribution in [2.75, 3.05) is 13.7 Å². The first-order chi connectivity index (χ1) is 9.39. The average molecular weight is 337 g/mol. The van der Waals surface area contributed by atoms with E-state index in [1.165, 1.54) is 0 Å². The lowest BCUT2D eigenvalue weighted by Gasteiger charge is -2.19. The fraction of sp³-hybridized carbons (Fsp3) is 0.571. The molecule has 1 aromatic rings. The van der Waals surface area contributed by atoms with E-state index in [1.807, 2.05) is 19.9 Å². The van der Waals surface area contributed by atoms with Crippen molar-refractivity contribution in [1.82, 2.24) is 4.72 Å². The quantitative estimate of drug-likeness (QED) is 0.759. The Kier molecular flexibility index (Phi) is 9.08. The largest absolute Gasteiger partial charge is 0.380 e. The van der Waals surface area contributed by atoms with Crippen molar-refractivity contribution in [1.29, 1.82) is 0 Å². The van der Waals surface area contributed by atoms with Crippen LogP contribution >= 0.6 is 12.4 Å². The second-order valence-electron chi connectivity index (χ2n) is 5.26. The molecular formula is C14H25ClN2O3S. The van der Waals surface area contributed by atoms with Gasteiger partial charge < -0.3 is 10.5 Å². The first kappa shape index (κ1) is 20.3. The zero-order chi connectivity index (χ0) is 15.2. The van der Waals surface area contributed by atoms with Gasteiger partial charge in [0.05, 0.1) is 11.5 Å². The minimum atomic E-state index is -3.54. The van der Waals surface area contributed by atoms with Gasteiger partial charge in [-0.3, -0.25) is 0 Å². The third-order valence-corrected chi connectivity index (χ3v) is 4.40. The summed E-state index contributed by atoms with van der Waals surface area (Å²) in [6.07, 6.45) is 0.716. The van der Waals surface area contributed by atoms with Crippen molar-refractivity contribution >= 4 is 22.4 Å². The van der Waals surface area contributed by atoms with Gasteiger partial charge in [-0.05, 0) is 30.0 Å². The number of hydrogen-bond donors (Lipinski definition) is 2. The van der Waals surface area contributed by atoms with Crippen LogP contribution in [0.1, 0.15) is 25.8 Å². The van der Waals surface area contributed by atoms with E-state index >= 15 is 0 Å². The number of halogens is 1. The lowest BCUT2D eigenvalue weighted by molar-refractivity contribution is 0.184. The topological polar surface area (TPSA) is 81.4 Å². The summed E-state index contributed by atoms with van der Waals surface area (Å²) in [6, 6.07) is 6.49. The van der Waals surface area contributed by atoms with E-state index in [0.717, 1.165) is 5.56 Å². The molecule has 0 saturated heterocycles. The van der Waals surface area contributed by atoms with Crippen molar-refractivity contribution in [3.05, 3.63) is 29.8 Å². The van der Waals surface area contributed by atoms with Gasteiger partial charge in [-0.1, -0.05) is 26.0 Å². The molecule has 0 aliphatic carbocycles. The predicted molar refractivity (Wildman–Crippen MR) is 87.0 cm³/mol. The summed E-state index contributed by atoms with van der Waals surface area (Å²) in [4.78, 5) is 0.245. The molecule has 1 unspecified atom stereocenters. The Bertz CT molecular complexity index is 521. The Hall–Kier alpha value is -0.660. The van der Waals surface area contributed by atoms with Gasteiger partial charge in [0.25, 0.3) is 0 Å². The summed E-state index contributed by atoms with van der Waals surface area (Å²) in [7, 11) is -1.97. The number of nitrogens with one attached hydrogen (secondary N) is 1. The van der Waals surface area contributed by atoms with Gasteiger partial charge in [0, 0.05) is 19.7 Å². The molecule has 1 aromatic carbocycles. The molecule has 122 valence electrons. The van der Waals surface area contributed by atoms with Crippen LogP contribution in [-0.4, -0.2) is 28.1 Å². The van der Waals surface area contributed by atoms with Gasteiger partial charge in [-0.2, -0.15) is 0 Å². The highest BCUT2D eigenvalue weighted by molar-refractivity contribution is 7.89. The Labute approximate surface area is 133 Å². The van der Waals surface area contributed by atoms with Gasteiger partial charge in [-0.15, -0.1) is 12.4 Å². The van der Waals surface area contributed by atoms with E-state index in [1.54, 1.807) is 25.3 Å². The van der Waals surface area contributed by atoms with Crippen LogP contribution in [0.4, 0.5) is 0 Å². The number of rotatable bonds is 8. The number of nitrogens with two attached hydrogens (primary N) is 1. The highest BCUT2D eigenvalue weighted by atomic mass is 35.5. The molecule has 0 amide bonds. The maximum Gasteiger partial charge on any atom is 0.240 e. The van der Waals surface area contributed by atoms with Crippen LogP contribution in [0.3, 0.4) is 0 Å². The van der Waals surface area contributed by atoms with Gasteiger partial charge in [0.15, 0.2) is 0 Å². The van der Waals surface area contributed by atoms with Crippen molar-refractivity contribution < 1.29 is 13.2 Å². The van der Waals surface area contributed by atoms with E-state index in [-0.39, 0.29) is 29.9 Å². The van der Waals surface area contributed by atoms with Crippen molar-refractivity contribution in [3.63, 3.8) is 0 Å². The lowest BCUT2D eigenvalue weighted by atomic mass is 10.1. The summed E-state index contributed by atoms with van der Waals surface area (Å²) in [6.45, 7) is 4.75. The van der Waals surface area contributed by atoms with Gasteiger partial charge in [0.1, 0.15) is 0 Å². The van der Waals surface area contributed by atoms with Crippen LogP contribution in [0.15, 0.2) is 29.2 Å². The fourth-order valence-electron chi connectivity index (χ4n) is 2.02. The Morgan fingerprint density at radius 3 is 2.52 bits per heavy atom.